The van der Waals surface area contributed by atoms with Gasteiger partial charge in [0.25, 0.3) is 5.91 Å². The second-order valence-electron chi connectivity index (χ2n) is 8.57. The number of hydrogen-bond donors (Lipinski definition) is 1. The summed E-state index contributed by atoms with van der Waals surface area (Å²) in [5, 5.41) is 10.5. The summed E-state index contributed by atoms with van der Waals surface area (Å²) >= 11 is 0. The number of benzene rings is 2. The third-order valence-electron chi connectivity index (χ3n) is 5.67. The van der Waals surface area contributed by atoms with Gasteiger partial charge in [0.05, 0.1) is 25.2 Å². The summed E-state index contributed by atoms with van der Waals surface area (Å²) in [6.45, 7) is 4.47. The van der Waals surface area contributed by atoms with Gasteiger partial charge in [-0.3, -0.25) is 9.59 Å². The molecule has 0 aliphatic carbocycles. The van der Waals surface area contributed by atoms with Crippen molar-refractivity contribution in [2.75, 3.05) is 51.9 Å². The van der Waals surface area contributed by atoms with Gasteiger partial charge in [-0.05, 0) is 19.1 Å². The molecule has 2 aromatic carbocycles. The zero-order valence-electron chi connectivity index (χ0n) is 18.6. The van der Waals surface area contributed by atoms with Crippen molar-refractivity contribution in [3.05, 3.63) is 47.5 Å². The monoisotopic (exact) mass is 440 g/mol. The van der Waals surface area contributed by atoms with Gasteiger partial charge in [-0.25, -0.2) is 0 Å². The molecule has 2 heterocycles. The van der Waals surface area contributed by atoms with Gasteiger partial charge < -0.3 is 29.1 Å². The van der Waals surface area contributed by atoms with E-state index < -0.39 is 5.60 Å². The van der Waals surface area contributed by atoms with Crippen LogP contribution in [0.5, 0.6) is 17.2 Å². The van der Waals surface area contributed by atoms with Crippen LogP contribution in [0.4, 0.5) is 5.69 Å². The Morgan fingerprint density at radius 1 is 1.22 bits per heavy atom. The lowest BCUT2D eigenvalue weighted by Crippen LogP contribution is -2.44. The highest BCUT2D eigenvalue weighted by Crippen LogP contribution is 2.41. The number of phenols is 1. The van der Waals surface area contributed by atoms with Crippen molar-refractivity contribution < 1.29 is 28.9 Å². The molecule has 0 bridgehead atoms. The van der Waals surface area contributed by atoms with Crippen molar-refractivity contribution in [2.45, 2.75) is 18.9 Å². The molecule has 1 fully saturated rings. The van der Waals surface area contributed by atoms with Crippen molar-refractivity contribution in [3.63, 3.8) is 0 Å². The van der Waals surface area contributed by atoms with Crippen LogP contribution < -0.4 is 14.4 Å². The molecule has 0 saturated carbocycles. The zero-order chi connectivity index (χ0) is 22.9. The van der Waals surface area contributed by atoms with Gasteiger partial charge in [-0.2, -0.15) is 0 Å². The quantitative estimate of drug-likeness (QED) is 0.765. The van der Waals surface area contributed by atoms with E-state index in [9.17, 15) is 14.7 Å². The molecule has 2 aliphatic heterocycles. The molecule has 1 saturated heterocycles. The first-order valence-corrected chi connectivity index (χ1v) is 10.6. The van der Waals surface area contributed by atoms with Crippen molar-refractivity contribution in [2.24, 2.45) is 0 Å². The molecule has 2 aromatic rings. The Bertz CT molecular complexity index is 1030. The molecule has 4 rings (SSSR count). The SMILES string of the molecule is CN(C)C(=O)c1ccccc1OCC1(C)CC(=O)c2c(O)cc(N3CCOCC3)cc2O1. The number of para-hydroxylation sites is 1. The fourth-order valence-corrected chi connectivity index (χ4v) is 4.00. The summed E-state index contributed by atoms with van der Waals surface area (Å²) in [5.41, 5.74) is 0.469. The molecule has 170 valence electrons. The van der Waals surface area contributed by atoms with E-state index in [1.807, 2.05) is 0 Å². The molecule has 0 aromatic heterocycles. The molecule has 8 nitrogen and oxygen atoms in total. The molecule has 1 unspecified atom stereocenters. The number of ketones is 1. The topological polar surface area (TPSA) is 88.5 Å². The average molecular weight is 440 g/mol. The number of fused-ring (bicyclic) bond motifs is 1. The molecule has 0 spiro atoms. The first kappa shape index (κ1) is 22.0. The molecule has 1 N–H and O–H groups in total. The molecule has 2 aliphatic rings. The van der Waals surface area contributed by atoms with Gasteiger partial charge in [-0.1, -0.05) is 12.1 Å². The zero-order valence-corrected chi connectivity index (χ0v) is 18.6. The fourth-order valence-electron chi connectivity index (χ4n) is 4.00. The molecule has 32 heavy (non-hydrogen) atoms. The van der Waals surface area contributed by atoms with E-state index in [0.717, 1.165) is 5.69 Å². The maximum atomic E-state index is 12.9. The van der Waals surface area contributed by atoms with Crippen molar-refractivity contribution in [1.29, 1.82) is 0 Å². The Balaban J connectivity index is 1.56. The molecule has 0 radical (unpaired) electrons. The van der Waals surface area contributed by atoms with E-state index in [1.165, 1.54) is 4.90 Å². The van der Waals surface area contributed by atoms with Crippen molar-refractivity contribution in [3.8, 4) is 17.2 Å². The van der Waals surface area contributed by atoms with Gasteiger partial charge in [0.15, 0.2) is 5.78 Å². The number of amides is 1. The lowest BCUT2D eigenvalue weighted by Gasteiger charge is -2.36. The van der Waals surface area contributed by atoms with Crippen LogP contribution in [-0.4, -0.2) is 74.3 Å². The van der Waals surface area contributed by atoms with Gasteiger partial charge >= 0.3 is 0 Å². The minimum Gasteiger partial charge on any atom is -0.507 e. The van der Waals surface area contributed by atoms with Gasteiger partial charge in [0.2, 0.25) is 0 Å². The van der Waals surface area contributed by atoms with Crippen LogP contribution in [0.3, 0.4) is 0 Å². The van der Waals surface area contributed by atoms with E-state index in [-0.39, 0.29) is 36.0 Å². The van der Waals surface area contributed by atoms with E-state index in [4.69, 9.17) is 14.2 Å². The van der Waals surface area contributed by atoms with Crippen LogP contribution in [0.25, 0.3) is 0 Å². The molecular formula is C24H28N2O6. The third kappa shape index (κ3) is 4.36. The lowest BCUT2D eigenvalue weighted by atomic mass is 9.91. The highest BCUT2D eigenvalue weighted by atomic mass is 16.5. The highest BCUT2D eigenvalue weighted by molar-refractivity contribution is 6.03. The summed E-state index contributed by atoms with van der Waals surface area (Å²) in [4.78, 5) is 28.9. The van der Waals surface area contributed by atoms with E-state index in [0.29, 0.717) is 43.4 Å². The Hall–Kier alpha value is -3.26. The molecule has 8 heteroatoms. The van der Waals surface area contributed by atoms with Crippen LogP contribution in [0.15, 0.2) is 36.4 Å². The number of nitrogens with zero attached hydrogens (tertiary/aromatic N) is 2. The van der Waals surface area contributed by atoms with Crippen LogP contribution in [0.1, 0.15) is 34.1 Å². The van der Waals surface area contributed by atoms with E-state index in [1.54, 1.807) is 57.4 Å². The first-order chi connectivity index (χ1) is 15.3. The van der Waals surface area contributed by atoms with Crippen LogP contribution in [-0.2, 0) is 4.74 Å². The summed E-state index contributed by atoms with van der Waals surface area (Å²) in [6, 6.07) is 10.4. The Labute approximate surface area is 187 Å². The Morgan fingerprint density at radius 3 is 2.66 bits per heavy atom. The van der Waals surface area contributed by atoms with Crippen molar-refractivity contribution in [1.82, 2.24) is 4.90 Å². The summed E-state index contributed by atoms with van der Waals surface area (Å²) in [7, 11) is 3.36. The average Bonchev–Trinajstić information content (AvgIpc) is 2.77. The number of hydrogen-bond acceptors (Lipinski definition) is 7. The third-order valence-corrected chi connectivity index (χ3v) is 5.67. The second-order valence-corrected chi connectivity index (χ2v) is 8.57. The second kappa shape index (κ2) is 8.70. The minimum atomic E-state index is -0.950. The first-order valence-electron chi connectivity index (χ1n) is 10.6. The predicted octanol–water partition coefficient (Wildman–Crippen LogP) is 2.73. The smallest absolute Gasteiger partial charge is 0.257 e. The van der Waals surface area contributed by atoms with Crippen LogP contribution in [0, 0.1) is 0 Å². The summed E-state index contributed by atoms with van der Waals surface area (Å²) in [5.74, 6) is 0.308. The minimum absolute atomic E-state index is 0.0499. The maximum absolute atomic E-state index is 12.9. The van der Waals surface area contributed by atoms with Crippen LogP contribution >= 0.6 is 0 Å². The standard InChI is InChI=1S/C24H28N2O6/c1-24(15-31-20-7-5-4-6-17(20)23(29)25(2)3)14-19(28)22-18(27)12-16(13-21(22)32-24)26-8-10-30-11-9-26/h4-7,12-13,27H,8-11,14-15H2,1-3H3. The number of Topliss-reactive ketones (excluding diaryl/α,β-unsaturated/α-hetero) is 1. The predicted molar refractivity (Wildman–Crippen MR) is 119 cm³/mol. The number of carbonyl (C=O) groups is 2. The number of phenolic OH excluding ortho intramolecular Hbond substituents is 1. The summed E-state index contributed by atoms with van der Waals surface area (Å²) in [6.07, 6.45) is 0.0499. The molecular weight excluding hydrogens is 412 g/mol. The number of rotatable bonds is 5. The van der Waals surface area contributed by atoms with E-state index >= 15 is 0 Å². The fraction of sp³-hybridized carbons (Fsp3) is 0.417. The highest BCUT2D eigenvalue weighted by Gasteiger charge is 2.39. The largest absolute Gasteiger partial charge is 0.507 e. The lowest BCUT2D eigenvalue weighted by molar-refractivity contribution is 0.0182. The number of anilines is 1. The molecule has 1 amide bonds. The Kier molecular flexibility index (Phi) is 5.97. The molecule has 1 atom stereocenters. The van der Waals surface area contributed by atoms with E-state index in [2.05, 4.69) is 4.90 Å². The normalized spacial score (nSPS) is 20.3. The van der Waals surface area contributed by atoms with Crippen LogP contribution in [0.2, 0.25) is 0 Å². The maximum Gasteiger partial charge on any atom is 0.257 e. The number of morpholine rings is 1. The van der Waals surface area contributed by atoms with Gasteiger partial charge in [0.1, 0.15) is 35.0 Å². The number of ether oxygens (including phenoxy) is 3. The van der Waals surface area contributed by atoms with Gasteiger partial charge in [-0.15, -0.1) is 0 Å². The number of aromatic hydroxyl groups is 1. The number of carbonyl (C=O) groups excluding carboxylic acids is 2. The van der Waals surface area contributed by atoms with Gasteiger partial charge in [0, 0.05) is 45.0 Å². The summed E-state index contributed by atoms with van der Waals surface area (Å²) < 4.78 is 17.6. The van der Waals surface area contributed by atoms with Crippen molar-refractivity contribution >= 4 is 17.4 Å². The Morgan fingerprint density at radius 2 is 1.94 bits per heavy atom.